The van der Waals surface area contributed by atoms with E-state index in [1.54, 1.807) is 6.08 Å². The molecule has 1 N–H and O–H groups in total. The molecule has 0 aliphatic carbocycles. The zero-order valence-electron chi connectivity index (χ0n) is 12.3. The molecule has 0 bridgehead atoms. The van der Waals surface area contributed by atoms with Gasteiger partial charge in [0.05, 0.1) is 6.61 Å². The SMILES string of the molecule is C=CC=CC(=C)CCNC(C)OCCc1ccccc1. The molecular weight excluding hydrogens is 246 g/mol. The zero-order valence-corrected chi connectivity index (χ0v) is 12.3. The van der Waals surface area contributed by atoms with Crippen LogP contribution in [-0.4, -0.2) is 19.4 Å². The first kappa shape index (κ1) is 16.4. The molecule has 2 nitrogen and oxygen atoms in total. The highest BCUT2D eigenvalue weighted by Crippen LogP contribution is 2.01. The van der Waals surface area contributed by atoms with E-state index in [-0.39, 0.29) is 6.23 Å². The van der Waals surface area contributed by atoms with E-state index < -0.39 is 0 Å². The van der Waals surface area contributed by atoms with Crippen LogP contribution in [0.3, 0.4) is 0 Å². The smallest absolute Gasteiger partial charge is 0.105 e. The summed E-state index contributed by atoms with van der Waals surface area (Å²) in [5.41, 5.74) is 2.40. The van der Waals surface area contributed by atoms with Gasteiger partial charge in [-0.05, 0) is 25.3 Å². The topological polar surface area (TPSA) is 21.3 Å². The van der Waals surface area contributed by atoms with Crippen LogP contribution < -0.4 is 5.32 Å². The molecule has 1 aromatic carbocycles. The molecule has 0 saturated carbocycles. The number of benzene rings is 1. The fourth-order valence-corrected chi connectivity index (χ4v) is 1.78. The highest BCUT2D eigenvalue weighted by atomic mass is 16.5. The van der Waals surface area contributed by atoms with E-state index in [0.717, 1.165) is 31.6 Å². The zero-order chi connectivity index (χ0) is 14.6. The van der Waals surface area contributed by atoms with Crippen molar-refractivity contribution in [2.45, 2.75) is 26.0 Å². The standard InChI is InChI=1S/C18H25NO/c1-4-5-9-16(2)12-14-19-17(3)20-15-13-18-10-7-6-8-11-18/h4-11,17,19H,1-2,12-15H2,3H3. The van der Waals surface area contributed by atoms with Gasteiger partial charge in [-0.3, -0.25) is 5.32 Å². The van der Waals surface area contributed by atoms with Crippen LogP contribution in [0.5, 0.6) is 0 Å². The lowest BCUT2D eigenvalue weighted by atomic mass is 10.2. The van der Waals surface area contributed by atoms with Gasteiger partial charge in [0.1, 0.15) is 6.23 Å². The predicted molar refractivity (Wildman–Crippen MR) is 86.7 cm³/mol. The van der Waals surface area contributed by atoms with E-state index in [9.17, 15) is 0 Å². The summed E-state index contributed by atoms with van der Waals surface area (Å²) in [5, 5.41) is 3.33. The normalized spacial score (nSPS) is 12.4. The Bertz CT molecular complexity index is 422. The minimum Gasteiger partial charge on any atom is -0.363 e. The first-order valence-electron chi connectivity index (χ1n) is 7.08. The number of nitrogens with one attached hydrogen (secondary N) is 1. The fourth-order valence-electron chi connectivity index (χ4n) is 1.78. The largest absolute Gasteiger partial charge is 0.363 e. The van der Waals surface area contributed by atoms with Crippen molar-refractivity contribution in [3.8, 4) is 0 Å². The maximum Gasteiger partial charge on any atom is 0.105 e. The maximum absolute atomic E-state index is 5.73. The molecule has 0 fully saturated rings. The molecule has 0 aliphatic rings. The second-order valence-electron chi connectivity index (χ2n) is 4.71. The molecule has 1 rings (SSSR count). The Morgan fingerprint density at radius 3 is 2.80 bits per heavy atom. The Morgan fingerprint density at radius 1 is 1.35 bits per heavy atom. The molecule has 0 saturated heterocycles. The Hall–Kier alpha value is -1.64. The highest BCUT2D eigenvalue weighted by Gasteiger charge is 2.01. The quantitative estimate of drug-likeness (QED) is 0.515. The molecule has 0 aromatic heterocycles. The minimum absolute atomic E-state index is 0.0647. The molecular formula is C18H25NO. The summed E-state index contributed by atoms with van der Waals surface area (Å²) in [7, 11) is 0. The van der Waals surface area contributed by atoms with Crippen molar-refractivity contribution >= 4 is 0 Å². The summed E-state index contributed by atoms with van der Waals surface area (Å²) < 4.78 is 5.73. The molecule has 108 valence electrons. The lowest BCUT2D eigenvalue weighted by molar-refractivity contribution is 0.0453. The summed E-state index contributed by atoms with van der Waals surface area (Å²) in [5.74, 6) is 0. The van der Waals surface area contributed by atoms with Gasteiger partial charge in [0, 0.05) is 6.54 Å². The molecule has 0 heterocycles. The van der Waals surface area contributed by atoms with E-state index in [0.29, 0.717) is 0 Å². The van der Waals surface area contributed by atoms with Crippen LogP contribution in [-0.2, 0) is 11.2 Å². The van der Waals surface area contributed by atoms with Gasteiger partial charge in [-0.25, -0.2) is 0 Å². The summed E-state index contributed by atoms with van der Waals surface area (Å²) in [6, 6.07) is 10.4. The third kappa shape index (κ3) is 7.72. The Kier molecular flexibility index (Phi) is 8.36. The van der Waals surface area contributed by atoms with E-state index in [4.69, 9.17) is 4.74 Å². The van der Waals surface area contributed by atoms with E-state index in [2.05, 4.69) is 42.7 Å². The third-order valence-electron chi connectivity index (χ3n) is 2.95. The van der Waals surface area contributed by atoms with Crippen LogP contribution in [0, 0.1) is 0 Å². The second-order valence-corrected chi connectivity index (χ2v) is 4.71. The van der Waals surface area contributed by atoms with E-state index in [1.807, 2.05) is 25.1 Å². The van der Waals surface area contributed by atoms with Crippen molar-refractivity contribution in [2.24, 2.45) is 0 Å². The summed E-state index contributed by atoms with van der Waals surface area (Å²) >= 11 is 0. The number of ether oxygens (including phenoxy) is 1. The molecule has 0 amide bonds. The van der Waals surface area contributed by atoms with Crippen LogP contribution in [0.4, 0.5) is 0 Å². The lowest BCUT2D eigenvalue weighted by Gasteiger charge is -2.15. The van der Waals surface area contributed by atoms with Crippen LogP contribution >= 0.6 is 0 Å². The van der Waals surface area contributed by atoms with Crippen LogP contribution in [0.1, 0.15) is 18.9 Å². The lowest BCUT2D eigenvalue weighted by Crippen LogP contribution is -2.30. The first-order valence-corrected chi connectivity index (χ1v) is 7.08. The molecule has 0 spiro atoms. The van der Waals surface area contributed by atoms with Crippen molar-refractivity contribution in [1.29, 1.82) is 0 Å². The predicted octanol–water partition coefficient (Wildman–Crippen LogP) is 3.87. The van der Waals surface area contributed by atoms with Crippen molar-refractivity contribution in [1.82, 2.24) is 5.32 Å². The van der Waals surface area contributed by atoms with Gasteiger partial charge < -0.3 is 4.74 Å². The summed E-state index contributed by atoms with van der Waals surface area (Å²) in [6.07, 6.45) is 7.57. The molecule has 1 unspecified atom stereocenters. The highest BCUT2D eigenvalue weighted by molar-refractivity contribution is 5.18. The molecule has 2 heteroatoms. The van der Waals surface area contributed by atoms with E-state index >= 15 is 0 Å². The fraction of sp³-hybridized carbons (Fsp3) is 0.333. The third-order valence-corrected chi connectivity index (χ3v) is 2.95. The van der Waals surface area contributed by atoms with Crippen molar-refractivity contribution < 1.29 is 4.74 Å². The second kappa shape index (κ2) is 10.2. The van der Waals surface area contributed by atoms with Crippen LogP contribution in [0.25, 0.3) is 0 Å². The summed E-state index contributed by atoms with van der Waals surface area (Å²) in [4.78, 5) is 0. The maximum atomic E-state index is 5.73. The van der Waals surface area contributed by atoms with Gasteiger partial charge in [0.2, 0.25) is 0 Å². The average molecular weight is 271 g/mol. The number of hydrogen-bond donors (Lipinski definition) is 1. The van der Waals surface area contributed by atoms with Crippen molar-refractivity contribution in [3.05, 3.63) is 72.9 Å². The molecule has 20 heavy (non-hydrogen) atoms. The average Bonchev–Trinajstić information content (AvgIpc) is 2.46. The van der Waals surface area contributed by atoms with Gasteiger partial charge in [-0.2, -0.15) is 0 Å². The molecule has 1 atom stereocenters. The Labute approximate surface area is 122 Å². The Morgan fingerprint density at radius 2 is 2.10 bits per heavy atom. The molecule has 1 aromatic rings. The van der Waals surface area contributed by atoms with Gasteiger partial charge in [0.15, 0.2) is 0 Å². The van der Waals surface area contributed by atoms with Crippen LogP contribution in [0.15, 0.2) is 67.3 Å². The van der Waals surface area contributed by atoms with Gasteiger partial charge >= 0.3 is 0 Å². The van der Waals surface area contributed by atoms with Crippen molar-refractivity contribution in [2.75, 3.05) is 13.2 Å². The molecule has 0 radical (unpaired) electrons. The van der Waals surface area contributed by atoms with Crippen molar-refractivity contribution in [3.63, 3.8) is 0 Å². The van der Waals surface area contributed by atoms with Gasteiger partial charge in [-0.15, -0.1) is 0 Å². The Balaban J connectivity index is 2.08. The minimum atomic E-state index is 0.0647. The number of hydrogen-bond acceptors (Lipinski definition) is 2. The summed E-state index contributed by atoms with van der Waals surface area (Å²) in [6.45, 7) is 11.2. The number of rotatable bonds is 10. The van der Waals surface area contributed by atoms with Crippen LogP contribution in [0.2, 0.25) is 0 Å². The molecule has 0 aliphatic heterocycles. The van der Waals surface area contributed by atoms with Gasteiger partial charge in [0.25, 0.3) is 0 Å². The van der Waals surface area contributed by atoms with E-state index in [1.165, 1.54) is 5.56 Å². The number of allylic oxidation sites excluding steroid dienone is 3. The monoisotopic (exact) mass is 271 g/mol. The van der Waals surface area contributed by atoms with Gasteiger partial charge in [-0.1, -0.05) is 67.3 Å². The first-order chi connectivity index (χ1) is 9.72.